The summed E-state index contributed by atoms with van der Waals surface area (Å²) in [5, 5.41) is 13.7. The number of aryl methyl sites for hydroxylation is 1. The molecule has 8 heteroatoms. The highest BCUT2D eigenvalue weighted by Crippen LogP contribution is 2.14. The van der Waals surface area contributed by atoms with Crippen LogP contribution in [-0.2, 0) is 13.6 Å². The van der Waals surface area contributed by atoms with Gasteiger partial charge in [0.1, 0.15) is 0 Å². The Labute approximate surface area is 179 Å². The lowest BCUT2D eigenvalue weighted by molar-refractivity contribution is 0.0824. The average Bonchev–Trinajstić information content (AvgIpc) is 2.89. The zero-order valence-corrected chi connectivity index (χ0v) is 19.2. The van der Waals surface area contributed by atoms with Crippen molar-refractivity contribution in [3.05, 3.63) is 23.0 Å². The maximum atomic E-state index is 9.56. The number of guanidine groups is 1. The molecule has 150 valence electrons. The molecule has 0 bridgehead atoms. The highest BCUT2D eigenvalue weighted by atomic mass is 127. The summed E-state index contributed by atoms with van der Waals surface area (Å²) >= 11 is 6.07. The Bertz CT molecular complexity index is 558. The summed E-state index contributed by atoms with van der Waals surface area (Å²) in [4.78, 5) is 9.31. The SMILES string of the molecule is CCNC(=NCCCN1CCC(O)CC1)N(C)Cc1cc(Cl)cn1C.I. The quantitative estimate of drug-likeness (QED) is 0.263. The Kier molecular flexibility index (Phi) is 10.9. The maximum absolute atomic E-state index is 9.56. The van der Waals surface area contributed by atoms with Crippen LogP contribution in [0.15, 0.2) is 17.3 Å². The number of piperidine rings is 1. The fourth-order valence-corrected chi connectivity index (χ4v) is 3.41. The van der Waals surface area contributed by atoms with E-state index in [1.54, 1.807) is 0 Å². The van der Waals surface area contributed by atoms with E-state index in [4.69, 9.17) is 16.6 Å². The van der Waals surface area contributed by atoms with Crippen LogP contribution in [0.2, 0.25) is 5.02 Å². The molecule has 0 aliphatic carbocycles. The van der Waals surface area contributed by atoms with Gasteiger partial charge in [-0.2, -0.15) is 0 Å². The van der Waals surface area contributed by atoms with E-state index in [0.29, 0.717) is 0 Å². The summed E-state index contributed by atoms with van der Waals surface area (Å²) in [6.07, 6.45) is 4.65. The second-order valence-corrected chi connectivity index (χ2v) is 7.22. The van der Waals surface area contributed by atoms with Gasteiger partial charge in [-0.05, 0) is 38.8 Å². The number of nitrogens with zero attached hydrogens (tertiary/aromatic N) is 4. The minimum absolute atomic E-state index is 0. The van der Waals surface area contributed by atoms with E-state index >= 15 is 0 Å². The Morgan fingerprint density at radius 2 is 2.12 bits per heavy atom. The van der Waals surface area contributed by atoms with Crippen LogP contribution in [0, 0.1) is 0 Å². The number of likely N-dealkylation sites (tertiary alicyclic amines) is 1. The van der Waals surface area contributed by atoms with Crippen molar-refractivity contribution in [3.8, 4) is 0 Å². The van der Waals surface area contributed by atoms with Gasteiger partial charge in [0, 0.05) is 52.2 Å². The smallest absolute Gasteiger partial charge is 0.194 e. The molecule has 0 amide bonds. The third-order valence-corrected chi connectivity index (χ3v) is 4.83. The second kappa shape index (κ2) is 12.0. The Morgan fingerprint density at radius 1 is 1.42 bits per heavy atom. The molecule has 0 saturated carbocycles. The van der Waals surface area contributed by atoms with E-state index in [1.165, 1.54) is 0 Å². The lowest BCUT2D eigenvalue weighted by Gasteiger charge is -2.29. The summed E-state index contributed by atoms with van der Waals surface area (Å²) in [5.41, 5.74) is 1.16. The van der Waals surface area contributed by atoms with Gasteiger partial charge < -0.3 is 24.8 Å². The van der Waals surface area contributed by atoms with Gasteiger partial charge in [-0.3, -0.25) is 4.99 Å². The molecule has 0 spiro atoms. The van der Waals surface area contributed by atoms with Crippen molar-refractivity contribution in [2.75, 3.05) is 39.8 Å². The van der Waals surface area contributed by atoms with E-state index in [1.807, 2.05) is 23.9 Å². The summed E-state index contributed by atoms with van der Waals surface area (Å²) < 4.78 is 2.05. The molecule has 26 heavy (non-hydrogen) atoms. The van der Waals surface area contributed by atoms with Crippen LogP contribution < -0.4 is 5.32 Å². The lowest BCUT2D eigenvalue weighted by atomic mass is 10.1. The van der Waals surface area contributed by atoms with Crippen LogP contribution in [0.5, 0.6) is 0 Å². The zero-order valence-electron chi connectivity index (χ0n) is 16.1. The van der Waals surface area contributed by atoms with Crippen molar-refractivity contribution in [1.82, 2.24) is 19.7 Å². The van der Waals surface area contributed by atoms with Crippen LogP contribution in [0.4, 0.5) is 0 Å². The van der Waals surface area contributed by atoms with Crippen molar-refractivity contribution in [2.24, 2.45) is 12.0 Å². The third kappa shape index (κ3) is 7.62. The zero-order chi connectivity index (χ0) is 18.2. The fraction of sp³-hybridized carbons (Fsp3) is 0.722. The van der Waals surface area contributed by atoms with Gasteiger partial charge in [0.2, 0.25) is 0 Å². The van der Waals surface area contributed by atoms with Gasteiger partial charge in [0.25, 0.3) is 0 Å². The van der Waals surface area contributed by atoms with Crippen LogP contribution in [0.1, 0.15) is 31.9 Å². The molecule has 6 nitrogen and oxygen atoms in total. The predicted octanol–water partition coefficient (Wildman–Crippen LogP) is 2.54. The highest BCUT2D eigenvalue weighted by Gasteiger charge is 2.16. The first-order valence-corrected chi connectivity index (χ1v) is 9.58. The lowest BCUT2D eigenvalue weighted by Crippen LogP contribution is -2.39. The summed E-state index contributed by atoms with van der Waals surface area (Å²) in [5.74, 6) is 0.925. The van der Waals surface area contributed by atoms with Crippen LogP contribution in [0.3, 0.4) is 0 Å². The van der Waals surface area contributed by atoms with Gasteiger partial charge in [-0.1, -0.05) is 11.6 Å². The first kappa shape index (κ1) is 23.5. The van der Waals surface area contributed by atoms with E-state index < -0.39 is 0 Å². The first-order chi connectivity index (χ1) is 12.0. The van der Waals surface area contributed by atoms with Gasteiger partial charge in [0.05, 0.1) is 17.7 Å². The Hall–Kier alpha value is -0.510. The second-order valence-electron chi connectivity index (χ2n) is 6.78. The average molecular weight is 498 g/mol. The van der Waals surface area contributed by atoms with Gasteiger partial charge in [-0.25, -0.2) is 0 Å². The third-order valence-electron chi connectivity index (χ3n) is 4.62. The number of hydrogen-bond acceptors (Lipinski definition) is 3. The number of nitrogens with one attached hydrogen (secondary N) is 1. The maximum Gasteiger partial charge on any atom is 0.194 e. The van der Waals surface area contributed by atoms with Crippen LogP contribution in [-0.4, -0.2) is 71.3 Å². The molecular formula is C18H33ClIN5O. The Balaban J connectivity index is 0.00000338. The molecule has 2 heterocycles. The van der Waals surface area contributed by atoms with Crippen molar-refractivity contribution >= 4 is 41.5 Å². The first-order valence-electron chi connectivity index (χ1n) is 9.20. The Morgan fingerprint density at radius 3 is 2.69 bits per heavy atom. The molecule has 1 aliphatic rings. The number of aliphatic hydroxyl groups is 1. The molecule has 0 atom stereocenters. The minimum Gasteiger partial charge on any atom is -0.393 e. The number of aliphatic hydroxyl groups excluding tert-OH is 1. The van der Waals surface area contributed by atoms with Gasteiger partial charge in [0.15, 0.2) is 5.96 Å². The number of rotatable bonds is 7. The van der Waals surface area contributed by atoms with Crippen LogP contribution >= 0.6 is 35.6 Å². The molecule has 0 aromatic carbocycles. The molecule has 0 radical (unpaired) electrons. The summed E-state index contributed by atoms with van der Waals surface area (Å²) in [6, 6.07) is 1.99. The van der Waals surface area contributed by atoms with E-state index in [0.717, 1.165) is 75.2 Å². The molecule has 1 fully saturated rings. The predicted molar refractivity (Wildman–Crippen MR) is 120 cm³/mol. The van der Waals surface area contributed by atoms with Crippen molar-refractivity contribution in [1.29, 1.82) is 0 Å². The largest absolute Gasteiger partial charge is 0.393 e. The highest BCUT2D eigenvalue weighted by molar-refractivity contribution is 14.0. The molecular weight excluding hydrogens is 465 g/mol. The minimum atomic E-state index is -0.103. The monoisotopic (exact) mass is 497 g/mol. The van der Waals surface area contributed by atoms with E-state index in [-0.39, 0.29) is 30.1 Å². The molecule has 1 saturated heterocycles. The van der Waals surface area contributed by atoms with Gasteiger partial charge in [-0.15, -0.1) is 24.0 Å². The van der Waals surface area contributed by atoms with E-state index in [9.17, 15) is 5.11 Å². The summed E-state index contributed by atoms with van der Waals surface area (Å²) in [6.45, 7) is 7.55. The molecule has 0 unspecified atom stereocenters. The molecule has 2 rings (SSSR count). The topological polar surface area (TPSA) is 56.0 Å². The fourth-order valence-electron chi connectivity index (χ4n) is 3.13. The molecule has 1 aromatic heterocycles. The molecule has 1 aromatic rings. The van der Waals surface area contributed by atoms with E-state index in [2.05, 4.69) is 29.1 Å². The van der Waals surface area contributed by atoms with Crippen molar-refractivity contribution in [2.45, 2.75) is 38.8 Å². The van der Waals surface area contributed by atoms with Crippen molar-refractivity contribution < 1.29 is 5.11 Å². The number of aliphatic imine (C=N–C) groups is 1. The van der Waals surface area contributed by atoms with Gasteiger partial charge >= 0.3 is 0 Å². The van der Waals surface area contributed by atoms with Crippen LogP contribution in [0.25, 0.3) is 0 Å². The van der Waals surface area contributed by atoms with Crippen molar-refractivity contribution in [3.63, 3.8) is 0 Å². The molecule has 1 aliphatic heterocycles. The molecule has 2 N–H and O–H groups in total. The summed E-state index contributed by atoms with van der Waals surface area (Å²) in [7, 11) is 4.06. The number of aromatic nitrogens is 1. The standard InChI is InChI=1S/C18H32ClN5O.HI/c1-4-20-18(23(3)14-16-12-15(19)13-22(16)2)21-8-5-9-24-10-6-17(25)7-11-24;/h12-13,17,25H,4-11,14H2,1-3H3,(H,20,21);1H. The number of hydrogen-bond donors (Lipinski definition) is 2. The normalized spacial score (nSPS) is 16.4. The number of halogens is 2.